The molecule has 5 rings (SSSR count). The number of benzene rings is 1. The molecule has 0 radical (unpaired) electrons. The Morgan fingerprint density at radius 3 is 2.86 bits per heavy atom. The smallest absolute Gasteiger partial charge is 0.269 e. The summed E-state index contributed by atoms with van der Waals surface area (Å²) in [6, 6.07) is 15.4. The highest BCUT2D eigenvalue weighted by molar-refractivity contribution is 5.94. The molecule has 3 aromatic heterocycles. The van der Waals surface area contributed by atoms with Crippen LogP contribution in [0.3, 0.4) is 0 Å². The highest BCUT2D eigenvalue weighted by Crippen LogP contribution is 2.22. The van der Waals surface area contributed by atoms with Gasteiger partial charge in [-0.1, -0.05) is 24.3 Å². The molecular formula is C20H19N7O. The minimum absolute atomic E-state index is 0.135. The van der Waals surface area contributed by atoms with Crippen molar-refractivity contribution >= 4 is 28.3 Å². The normalized spacial score (nSPS) is 14.4. The summed E-state index contributed by atoms with van der Waals surface area (Å²) in [6.45, 7) is 4.21. The van der Waals surface area contributed by atoms with Gasteiger partial charge in [-0.25, -0.2) is 4.98 Å². The van der Waals surface area contributed by atoms with Crippen molar-refractivity contribution in [1.82, 2.24) is 30.1 Å². The fourth-order valence-electron chi connectivity index (χ4n) is 3.46. The van der Waals surface area contributed by atoms with E-state index in [4.69, 9.17) is 0 Å². The lowest BCUT2D eigenvalue weighted by molar-refractivity contribution is 0.0940. The fourth-order valence-corrected chi connectivity index (χ4v) is 3.46. The molecule has 4 aromatic rings. The maximum absolute atomic E-state index is 12.4. The molecular weight excluding hydrogens is 354 g/mol. The van der Waals surface area contributed by atoms with E-state index in [0.29, 0.717) is 18.2 Å². The number of amides is 1. The Kier molecular flexibility index (Phi) is 3.89. The zero-order valence-corrected chi connectivity index (χ0v) is 15.4. The number of aryl methyl sites for hydroxylation is 1. The summed E-state index contributed by atoms with van der Waals surface area (Å²) >= 11 is 0. The molecule has 0 unspecified atom stereocenters. The Hall–Kier alpha value is -3.55. The van der Waals surface area contributed by atoms with Crippen LogP contribution in [0.4, 0.5) is 5.82 Å². The molecule has 1 fully saturated rings. The van der Waals surface area contributed by atoms with Crippen LogP contribution < -0.4 is 10.2 Å². The maximum atomic E-state index is 12.4. The number of hydrogen-bond donors (Lipinski definition) is 1. The van der Waals surface area contributed by atoms with Gasteiger partial charge in [0.05, 0.1) is 5.52 Å². The number of pyridine rings is 1. The molecule has 1 N–H and O–H groups in total. The molecule has 28 heavy (non-hydrogen) atoms. The van der Waals surface area contributed by atoms with Gasteiger partial charge in [0.25, 0.3) is 5.91 Å². The van der Waals surface area contributed by atoms with Crippen molar-refractivity contribution in [2.24, 2.45) is 5.92 Å². The molecule has 8 heteroatoms. The van der Waals surface area contributed by atoms with Gasteiger partial charge in [-0.3, -0.25) is 4.79 Å². The number of nitrogens with one attached hydrogen (secondary N) is 1. The molecule has 0 aliphatic carbocycles. The van der Waals surface area contributed by atoms with Crippen molar-refractivity contribution in [2.75, 3.05) is 24.5 Å². The summed E-state index contributed by atoms with van der Waals surface area (Å²) in [7, 11) is 0. The van der Waals surface area contributed by atoms with Gasteiger partial charge in [0.2, 0.25) is 0 Å². The second-order valence-corrected chi connectivity index (χ2v) is 7.08. The average Bonchev–Trinajstić information content (AvgIpc) is 3.06. The van der Waals surface area contributed by atoms with Crippen molar-refractivity contribution in [3.63, 3.8) is 0 Å². The second-order valence-electron chi connectivity index (χ2n) is 7.08. The molecule has 140 valence electrons. The summed E-state index contributed by atoms with van der Waals surface area (Å²) < 4.78 is 1.75. The van der Waals surface area contributed by atoms with E-state index >= 15 is 0 Å². The largest absolute Gasteiger partial charge is 0.354 e. The Labute approximate surface area is 161 Å². The van der Waals surface area contributed by atoms with Crippen LogP contribution >= 0.6 is 0 Å². The number of nitrogens with zero attached hydrogens (tertiary/aromatic N) is 6. The number of rotatable bonds is 4. The van der Waals surface area contributed by atoms with Crippen LogP contribution in [-0.4, -0.2) is 50.3 Å². The number of carbonyl (C=O) groups excluding carboxylic acids is 1. The summed E-state index contributed by atoms with van der Waals surface area (Å²) in [5, 5.41) is 16.7. The molecule has 8 nitrogen and oxygen atoms in total. The molecule has 1 aliphatic rings. The zero-order chi connectivity index (χ0) is 19.1. The van der Waals surface area contributed by atoms with Crippen molar-refractivity contribution in [1.29, 1.82) is 0 Å². The van der Waals surface area contributed by atoms with E-state index in [2.05, 4.69) is 30.5 Å². The Bertz CT molecular complexity index is 1180. The third-order valence-electron chi connectivity index (χ3n) is 5.07. The van der Waals surface area contributed by atoms with Crippen molar-refractivity contribution in [3.05, 3.63) is 60.0 Å². The highest BCUT2D eigenvalue weighted by atomic mass is 16.1. The third-order valence-corrected chi connectivity index (χ3v) is 5.07. The van der Waals surface area contributed by atoms with Crippen LogP contribution in [0.25, 0.3) is 16.6 Å². The van der Waals surface area contributed by atoms with Crippen LogP contribution in [0.15, 0.2) is 48.5 Å². The van der Waals surface area contributed by atoms with Crippen LogP contribution in [0.2, 0.25) is 0 Å². The molecule has 1 saturated heterocycles. The summed E-state index contributed by atoms with van der Waals surface area (Å²) in [5.41, 5.74) is 2.02. The number of para-hydroxylation sites is 1. The van der Waals surface area contributed by atoms with E-state index in [0.717, 1.165) is 41.3 Å². The molecule has 1 aliphatic heterocycles. The predicted octanol–water partition coefficient (Wildman–Crippen LogP) is 1.85. The van der Waals surface area contributed by atoms with Crippen molar-refractivity contribution in [2.45, 2.75) is 6.92 Å². The first-order valence-electron chi connectivity index (χ1n) is 9.25. The lowest BCUT2D eigenvalue weighted by Crippen LogP contribution is -2.52. The molecule has 1 amide bonds. The minimum Gasteiger partial charge on any atom is -0.354 e. The van der Waals surface area contributed by atoms with Crippen LogP contribution in [-0.2, 0) is 0 Å². The summed E-state index contributed by atoms with van der Waals surface area (Å²) in [4.78, 5) is 19.1. The fraction of sp³-hybridized carbons (Fsp3) is 0.250. The van der Waals surface area contributed by atoms with E-state index in [9.17, 15) is 4.79 Å². The lowest BCUT2D eigenvalue weighted by atomic mass is 10.0. The first kappa shape index (κ1) is 16.6. The summed E-state index contributed by atoms with van der Waals surface area (Å²) in [5.74, 6) is 1.92. The minimum atomic E-state index is -0.135. The van der Waals surface area contributed by atoms with E-state index in [1.54, 1.807) is 10.6 Å². The molecule has 0 spiro atoms. The topological polar surface area (TPSA) is 88.3 Å². The van der Waals surface area contributed by atoms with Crippen molar-refractivity contribution in [3.8, 4) is 0 Å². The molecule has 0 atom stereocenters. The monoisotopic (exact) mass is 373 g/mol. The number of carbonyl (C=O) groups is 1. The van der Waals surface area contributed by atoms with Gasteiger partial charge in [-0.15, -0.1) is 15.3 Å². The van der Waals surface area contributed by atoms with E-state index in [1.165, 1.54) is 0 Å². The number of anilines is 1. The molecule has 4 heterocycles. The van der Waals surface area contributed by atoms with Crippen LogP contribution in [0.5, 0.6) is 0 Å². The summed E-state index contributed by atoms with van der Waals surface area (Å²) in [6.07, 6.45) is 0. The Morgan fingerprint density at radius 1 is 1.11 bits per heavy atom. The molecule has 0 bridgehead atoms. The number of aromatic nitrogens is 5. The number of fused-ring (bicyclic) bond motifs is 2. The van der Waals surface area contributed by atoms with Gasteiger partial charge in [-0.2, -0.15) is 4.52 Å². The Balaban J connectivity index is 1.19. The maximum Gasteiger partial charge on any atom is 0.269 e. The lowest BCUT2D eigenvalue weighted by Gasteiger charge is -2.40. The van der Waals surface area contributed by atoms with Crippen molar-refractivity contribution < 1.29 is 4.79 Å². The Morgan fingerprint density at radius 2 is 1.96 bits per heavy atom. The van der Waals surface area contributed by atoms with E-state index in [-0.39, 0.29) is 5.91 Å². The van der Waals surface area contributed by atoms with Gasteiger partial charge >= 0.3 is 0 Å². The second kappa shape index (κ2) is 6.56. The van der Waals surface area contributed by atoms with Crippen LogP contribution in [0.1, 0.15) is 16.3 Å². The molecule has 0 saturated carbocycles. The average molecular weight is 373 g/mol. The zero-order valence-electron chi connectivity index (χ0n) is 15.4. The first-order valence-corrected chi connectivity index (χ1v) is 9.25. The van der Waals surface area contributed by atoms with Gasteiger partial charge in [-0.05, 0) is 31.2 Å². The molecule has 1 aromatic carbocycles. The third kappa shape index (κ3) is 2.92. The number of hydrogen-bond acceptors (Lipinski definition) is 6. The first-order chi connectivity index (χ1) is 13.7. The standard InChI is InChI=1S/C20H19N7O/c1-13-23-24-18-8-9-19(25-27(13)18)26-11-14(12-26)10-21-20(28)17-7-6-15-4-2-3-5-16(15)22-17/h2-9,14H,10-12H2,1H3,(H,21,28). The van der Waals surface area contributed by atoms with E-state index < -0.39 is 0 Å². The van der Waals surface area contributed by atoms with Gasteiger partial charge in [0, 0.05) is 30.9 Å². The van der Waals surface area contributed by atoms with Gasteiger partial charge in [0.15, 0.2) is 11.5 Å². The predicted molar refractivity (Wildman–Crippen MR) is 105 cm³/mol. The van der Waals surface area contributed by atoms with Gasteiger partial charge < -0.3 is 10.2 Å². The quantitative estimate of drug-likeness (QED) is 0.587. The SMILES string of the molecule is Cc1nnc2ccc(N3CC(CNC(=O)c4ccc5ccccc5n4)C3)nn12. The van der Waals surface area contributed by atoms with Crippen LogP contribution in [0, 0.1) is 12.8 Å². The highest BCUT2D eigenvalue weighted by Gasteiger charge is 2.28. The van der Waals surface area contributed by atoms with Gasteiger partial charge in [0.1, 0.15) is 11.5 Å². The van der Waals surface area contributed by atoms with E-state index in [1.807, 2.05) is 49.4 Å².